The van der Waals surface area contributed by atoms with Crippen LogP contribution in [0, 0.1) is 0 Å². The van der Waals surface area contributed by atoms with Gasteiger partial charge in [0.2, 0.25) is 0 Å². The van der Waals surface area contributed by atoms with Crippen molar-refractivity contribution < 1.29 is 0 Å². The first-order chi connectivity index (χ1) is 5.27. The van der Waals surface area contributed by atoms with E-state index in [1.54, 1.807) is 6.20 Å². The molecule has 0 atom stereocenters. The molecule has 0 bridgehead atoms. The number of rotatable bonds is 2. The van der Waals surface area contributed by atoms with Crippen LogP contribution in [0.1, 0.15) is 0 Å². The molecule has 5 N–H and O–H groups in total. The van der Waals surface area contributed by atoms with Crippen molar-refractivity contribution in [2.45, 2.75) is 4.90 Å². The van der Waals surface area contributed by atoms with Gasteiger partial charge in [-0.05, 0) is 18.0 Å². The summed E-state index contributed by atoms with van der Waals surface area (Å²) >= 11 is 1.10. The summed E-state index contributed by atoms with van der Waals surface area (Å²) < 4.78 is 0. The molecule has 1 aromatic heterocycles. The Morgan fingerprint density at radius 3 is 2.91 bits per heavy atom. The number of anilines is 2. The Hall–Kier alpha value is -0.940. The molecule has 11 heavy (non-hydrogen) atoms. The number of hydrogen-bond acceptors (Lipinski definition) is 5. The Bertz CT molecular complexity index is 250. The van der Waals surface area contributed by atoms with Gasteiger partial charge in [-0.15, -0.1) is 0 Å². The molecular weight excluding hydrogens is 160 g/mol. The highest BCUT2D eigenvalue weighted by molar-refractivity contribution is 7.97. The van der Waals surface area contributed by atoms with Gasteiger partial charge in [0.15, 0.2) is 0 Å². The van der Waals surface area contributed by atoms with Gasteiger partial charge >= 0.3 is 0 Å². The van der Waals surface area contributed by atoms with Crippen LogP contribution in [0.4, 0.5) is 11.5 Å². The number of aromatic nitrogens is 1. The summed E-state index contributed by atoms with van der Waals surface area (Å²) in [5, 5.41) is 8.29. The third-order valence-electron chi connectivity index (χ3n) is 1.30. The normalized spacial score (nSPS) is 9.64. The van der Waals surface area contributed by atoms with Crippen LogP contribution >= 0.6 is 11.9 Å². The van der Waals surface area contributed by atoms with Gasteiger partial charge in [-0.2, -0.15) is 0 Å². The molecule has 0 unspecified atom stereocenters. The molecule has 0 aliphatic rings. The molecule has 0 radical (unpaired) electrons. The Morgan fingerprint density at radius 2 is 2.36 bits per heavy atom. The van der Waals surface area contributed by atoms with Crippen LogP contribution in [0.3, 0.4) is 0 Å². The molecule has 0 aromatic carbocycles. The second kappa shape index (κ2) is 3.45. The predicted octanol–water partition coefficient (Wildman–Crippen LogP) is 0.671. The zero-order chi connectivity index (χ0) is 8.27. The molecule has 1 heterocycles. The smallest absolute Gasteiger partial charge is 0.138 e. The molecule has 4 nitrogen and oxygen atoms in total. The van der Waals surface area contributed by atoms with Crippen molar-refractivity contribution in [1.82, 2.24) is 4.98 Å². The van der Waals surface area contributed by atoms with E-state index in [4.69, 9.17) is 10.9 Å². The predicted molar refractivity (Wildman–Crippen MR) is 48.2 cm³/mol. The lowest BCUT2D eigenvalue weighted by Crippen LogP contribution is -1.97. The van der Waals surface area contributed by atoms with E-state index in [9.17, 15) is 0 Å². The van der Waals surface area contributed by atoms with Crippen LogP contribution in [0.2, 0.25) is 0 Å². The average Bonchev–Trinajstić information content (AvgIpc) is 2.05. The third-order valence-corrected chi connectivity index (χ3v) is 1.88. The fraction of sp³-hybridized carbons (Fsp3) is 0.167. The summed E-state index contributed by atoms with van der Waals surface area (Å²) in [5.74, 6) is 0.469. The van der Waals surface area contributed by atoms with E-state index in [1.165, 1.54) is 0 Å². The zero-order valence-corrected chi connectivity index (χ0v) is 6.98. The van der Waals surface area contributed by atoms with Crippen molar-refractivity contribution in [1.29, 1.82) is 0 Å². The lowest BCUT2D eigenvalue weighted by Gasteiger charge is -2.03. The first kappa shape index (κ1) is 8.16. The highest BCUT2D eigenvalue weighted by Gasteiger charge is 1.99. The fourth-order valence-corrected chi connectivity index (χ4v) is 1.05. The topological polar surface area (TPSA) is 77.0 Å². The van der Waals surface area contributed by atoms with E-state index in [-0.39, 0.29) is 0 Å². The molecular formula is C6H10N4S. The Kier molecular flexibility index (Phi) is 2.56. The van der Waals surface area contributed by atoms with Gasteiger partial charge in [0.25, 0.3) is 0 Å². The molecule has 5 heteroatoms. The van der Waals surface area contributed by atoms with E-state index >= 15 is 0 Å². The second-order valence-corrected chi connectivity index (χ2v) is 2.65. The molecule has 0 aliphatic heterocycles. The maximum absolute atomic E-state index is 5.51. The maximum Gasteiger partial charge on any atom is 0.138 e. The first-order valence-corrected chi connectivity index (χ1v) is 3.96. The summed E-state index contributed by atoms with van der Waals surface area (Å²) in [5.41, 5.74) is 6.42. The molecule has 0 saturated heterocycles. The van der Waals surface area contributed by atoms with Gasteiger partial charge in [0, 0.05) is 7.05 Å². The van der Waals surface area contributed by atoms with Gasteiger partial charge in [-0.1, -0.05) is 0 Å². The van der Waals surface area contributed by atoms with Crippen LogP contribution in [-0.4, -0.2) is 12.0 Å². The van der Waals surface area contributed by atoms with Crippen LogP contribution < -0.4 is 16.2 Å². The SMILES string of the molecule is CNc1cnc(N)c(SN)c1. The Labute approximate surface area is 69.5 Å². The van der Waals surface area contributed by atoms with E-state index in [1.807, 2.05) is 13.1 Å². The molecule has 60 valence electrons. The molecule has 0 saturated carbocycles. The van der Waals surface area contributed by atoms with Gasteiger partial charge in [0.1, 0.15) is 5.82 Å². The highest BCUT2D eigenvalue weighted by atomic mass is 32.2. The lowest BCUT2D eigenvalue weighted by molar-refractivity contribution is 1.24. The molecule has 0 spiro atoms. The minimum absolute atomic E-state index is 0.469. The summed E-state index contributed by atoms with van der Waals surface area (Å²) in [6.07, 6.45) is 1.66. The van der Waals surface area contributed by atoms with Crippen LogP contribution in [-0.2, 0) is 0 Å². The second-order valence-electron chi connectivity index (χ2n) is 1.98. The minimum atomic E-state index is 0.469. The van der Waals surface area contributed by atoms with E-state index in [2.05, 4.69) is 10.3 Å². The Morgan fingerprint density at radius 1 is 1.64 bits per heavy atom. The molecule has 1 aromatic rings. The third kappa shape index (κ3) is 1.75. The highest BCUT2D eigenvalue weighted by Crippen LogP contribution is 2.21. The van der Waals surface area contributed by atoms with Crippen LogP contribution in [0.5, 0.6) is 0 Å². The monoisotopic (exact) mass is 170 g/mol. The Balaban J connectivity index is 3.02. The van der Waals surface area contributed by atoms with Crippen molar-refractivity contribution in [3.05, 3.63) is 12.3 Å². The lowest BCUT2D eigenvalue weighted by atomic mass is 10.4. The summed E-state index contributed by atoms with van der Waals surface area (Å²) in [4.78, 5) is 4.72. The quantitative estimate of drug-likeness (QED) is 0.569. The number of nitrogens with zero attached hydrogens (tertiary/aromatic N) is 1. The summed E-state index contributed by atoms with van der Waals surface area (Å²) in [6.45, 7) is 0. The molecule has 0 amide bonds. The van der Waals surface area contributed by atoms with Crippen molar-refractivity contribution in [2.75, 3.05) is 18.1 Å². The molecule has 1 rings (SSSR count). The number of nitrogens with one attached hydrogen (secondary N) is 1. The first-order valence-electron chi connectivity index (χ1n) is 3.08. The maximum atomic E-state index is 5.51. The molecule has 0 fully saturated rings. The van der Waals surface area contributed by atoms with E-state index < -0.39 is 0 Å². The van der Waals surface area contributed by atoms with Gasteiger partial charge < -0.3 is 11.1 Å². The van der Waals surface area contributed by atoms with Crippen molar-refractivity contribution in [3.8, 4) is 0 Å². The average molecular weight is 170 g/mol. The largest absolute Gasteiger partial charge is 0.387 e. The standard InChI is InChI=1S/C6H10N4S/c1-9-4-2-5(11-8)6(7)10-3-4/h2-3,9H,8H2,1H3,(H2,7,10). The van der Waals surface area contributed by atoms with Crippen molar-refractivity contribution in [3.63, 3.8) is 0 Å². The fourth-order valence-electron chi connectivity index (χ4n) is 0.686. The minimum Gasteiger partial charge on any atom is -0.387 e. The number of nitrogens with two attached hydrogens (primary N) is 2. The van der Waals surface area contributed by atoms with Gasteiger partial charge in [-0.25, -0.2) is 4.98 Å². The van der Waals surface area contributed by atoms with Gasteiger partial charge in [0.05, 0.1) is 16.8 Å². The van der Waals surface area contributed by atoms with Crippen LogP contribution in [0.25, 0.3) is 0 Å². The number of nitrogen functional groups attached to an aromatic ring is 1. The van der Waals surface area contributed by atoms with E-state index in [0.717, 1.165) is 22.5 Å². The van der Waals surface area contributed by atoms with E-state index in [0.29, 0.717) is 5.82 Å². The molecule has 0 aliphatic carbocycles. The summed E-state index contributed by atoms with van der Waals surface area (Å²) in [7, 11) is 1.82. The number of pyridine rings is 1. The zero-order valence-electron chi connectivity index (χ0n) is 6.16. The van der Waals surface area contributed by atoms with Crippen molar-refractivity contribution in [2.24, 2.45) is 5.14 Å². The van der Waals surface area contributed by atoms with Crippen molar-refractivity contribution >= 4 is 23.5 Å². The summed E-state index contributed by atoms with van der Waals surface area (Å²) in [6, 6.07) is 1.85. The van der Waals surface area contributed by atoms with Crippen LogP contribution in [0.15, 0.2) is 17.2 Å². The number of hydrogen-bond donors (Lipinski definition) is 3. The van der Waals surface area contributed by atoms with Gasteiger partial charge in [-0.3, -0.25) is 5.14 Å².